The standard InChI is InChI=1S/C50H34O2S/c1-29-25-51-27-43(29)48-34-14-5-3-12-32(34)46(33-13-4-6-15-35(33)48)31-22-23-45-42(24-31)40-20-11-21-41(50(40)53-45)47-36-16-7-9-18-38(36)49(44-28-52-26-30(44)2)39-19-10-8-17-37(39)47/h3-9,11-18,20-28H,10,19H2,1-2H3. The van der Waals surface area contributed by atoms with Gasteiger partial charge in [0.05, 0.1) is 25.1 Å². The second-order valence-electron chi connectivity index (χ2n) is 14.4. The van der Waals surface area contributed by atoms with Crippen LogP contribution in [-0.4, -0.2) is 0 Å². The molecule has 53 heavy (non-hydrogen) atoms. The van der Waals surface area contributed by atoms with Gasteiger partial charge in [0, 0.05) is 42.4 Å². The molecule has 0 saturated carbocycles. The van der Waals surface area contributed by atoms with E-state index in [4.69, 9.17) is 8.83 Å². The topological polar surface area (TPSA) is 26.3 Å². The van der Waals surface area contributed by atoms with E-state index in [1.807, 2.05) is 36.4 Å². The predicted octanol–water partition coefficient (Wildman–Crippen LogP) is 14.9. The van der Waals surface area contributed by atoms with Crippen molar-refractivity contribution >= 4 is 69.9 Å². The van der Waals surface area contributed by atoms with Crippen molar-refractivity contribution in [2.75, 3.05) is 0 Å². The number of hydrogen-bond donors (Lipinski definition) is 0. The zero-order chi connectivity index (χ0) is 35.2. The second-order valence-corrected chi connectivity index (χ2v) is 15.5. The molecule has 0 amide bonds. The van der Waals surface area contributed by atoms with Crippen molar-refractivity contribution in [1.29, 1.82) is 0 Å². The van der Waals surface area contributed by atoms with Gasteiger partial charge < -0.3 is 8.83 Å². The smallest absolute Gasteiger partial charge is 0.0984 e. The van der Waals surface area contributed by atoms with Gasteiger partial charge in [-0.3, -0.25) is 0 Å². The van der Waals surface area contributed by atoms with E-state index in [0.29, 0.717) is 0 Å². The first-order valence-corrected chi connectivity index (χ1v) is 19.2. The summed E-state index contributed by atoms with van der Waals surface area (Å²) in [6.45, 7) is 4.28. The largest absolute Gasteiger partial charge is 0.472 e. The Labute approximate surface area is 311 Å². The average Bonchev–Trinajstić information content (AvgIpc) is 3.93. The molecule has 1 aliphatic rings. The molecule has 0 spiro atoms. The maximum absolute atomic E-state index is 5.74. The third-order valence-electron chi connectivity index (χ3n) is 11.4. The van der Waals surface area contributed by atoms with Crippen LogP contribution in [0.25, 0.3) is 103 Å². The minimum atomic E-state index is 1.01. The Hall–Kier alpha value is -6.16. The molecule has 1 aliphatic carbocycles. The molecule has 0 N–H and O–H groups in total. The molecular formula is C50H34O2S. The van der Waals surface area contributed by atoms with E-state index in [2.05, 4.69) is 135 Å². The highest BCUT2D eigenvalue weighted by Gasteiger charge is 2.25. The van der Waals surface area contributed by atoms with E-state index in [0.717, 1.165) is 24.0 Å². The highest BCUT2D eigenvalue weighted by molar-refractivity contribution is 7.26. The Morgan fingerprint density at radius 2 is 1.06 bits per heavy atom. The summed E-state index contributed by atoms with van der Waals surface area (Å²) in [5.41, 5.74) is 15.1. The van der Waals surface area contributed by atoms with Crippen LogP contribution in [0.4, 0.5) is 0 Å². The summed E-state index contributed by atoms with van der Waals surface area (Å²) in [5.74, 6) is 0. The molecule has 0 radical (unpaired) electrons. The number of aryl methyl sites for hydroxylation is 2. The molecule has 0 bridgehead atoms. The van der Waals surface area contributed by atoms with Gasteiger partial charge in [-0.05, 0) is 116 Å². The first-order chi connectivity index (χ1) is 26.2. The van der Waals surface area contributed by atoms with Crippen LogP contribution in [0.5, 0.6) is 0 Å². The third kappa shape index (κ3) is 4.44. The van der Waals surface area contributed by atoms with Gasteiger partial charge in [0.1, 0.15) is 0 Å². The van der Waals surface area contributed by atoms with Gasteiger partial charge in [-0.15, -0.1) is 11.3 Å². The van der Waals surface area contributed by atoms with Crippen molar-refractivity contribution in [3.63, 3.8) is 0 Å². The molecule has 3 aromatic heterocycles. The molecule has 10 aromatic rings. The summed E-state index contributed by atoms with van der Waals surface area (Å²) >= 11 is 1.91. The quantitative estimate of drug-likeness (QED) is 0.171. The fourth-order valence-electron chi connectivity index (χ4n) is 9.10. The van der Waals surface area contributed by atoms with Gasteiger partial charge in [0.25, 0.3) is 0 Å². The lowest BCUT2D eigenvalue weighted by molar-refractivity contribution is 0.566. The summed E-state index contributed by atoms with van der Waals surface area (Å²) in [6, 6.07) is 40.7. The number of furan rings is 2. The summed E-state index contributed by atoms with van der Waals surface area (Å²) in [6.07, 6.45) is 14.3. The molecule has 0 unspecified atom stereocenters. The Morgan fingerprint density at radius 1 is 0.491 bits per heavy atom. The number of fused-ring (bicyclic) bond motifs is 7. The average molecular weight is 699 g/mol. The third-order valence-corrected chi connectivity index (χ3v) is 12.7. The van der Waals surface area contributed by atoms with Crippen LogP contribution < -0.4 is 0 Å². The molecule has 0 fully saturated rings. The van der Waals surface area contributed by atoms with E-state index >= 15 is 0 Å². The molecular weight excluding hydrogens is 665 g/mol. The summed E-state index contributed by atoms with van der Waals surface area (Å²) in [4.78, 5) is 0. The van der Waals surface area contributed by atoms with E-state index in [1.165, 1.54) is 108 Å². The summed E-state index contributed by atoms with van der Waals surface area (Å²) < 4.78 is 14.1. The molecule has 7 aromatic carbocycles. The molecule has 0 saturated heterocycles. The summed E-state index contributed by atoms with van der Waals surface area (Å²) in [5, 5.41) is 10.1. The van der Waals surface area contributed by atoms with Crippen molar-refractivity contribution in [3.8, 4) is 44.5 Å². The number of benzene rings is 7. The number of thiophene rings is 1. The highest BCUT2D eigenvalue weighted by atomic mass is 32.1. The van der Waals surface area contributed by atoms with E-state index in [1.54, 1.807) is 0 Å². The fraction of sp³-hybridized carbons (Fsp3) is 0.0800. The highest BCUT2D eigenvalue weighted by Crippen LogP contribution is 2.50. The van der Waals surface area contributed by atoms with Gasteiger partial charge in [-0.1, -0.05) is 109 Å². The SMILES string of the molecule is Cc1cocc1-c1c2c(c(-c3cccc4c3sc3ccc(-c5c6ccccc6c(-c6cocc6C)c6ccccc56)cc34)c3ccccc13)C=CCC2. The molecule has 252 valence electrons. The lowest BCUT2D eigenvalue weighted by Crippen LogP contribution is -2.02. The van der Waals surface area contributed by atoms with Crippen molar-refractivity contribution in [3.05, 3.63) is 163 Å². The van der Waals surface area contributed by atoms with Crippen LogP contribution in [0.2, 0.25) is 0 Å². The van der Waals surface area contributed by atoms with Crippen LogP contribution in [0.1, 0.15) is 28.7 Å². The zero-order valence-electron chi connectivity index (χ0n) is 29.5. The zero-order valence-corrected chi connectivity index (χ0v) is 30.3. The number of rotatable bonds is 4. The van der Waals surface area contributed by atoms with Crippen molar-refractivity contribution in [2.45, 2.75) is 26.7 Å². The predicted molar refractivity (Wildman–Crippen MR) is 225 cm³/mol. The van der Waals surface area contributed by atoms with Crippen LogP contribution in [0.3, 0.4) is 0 Å². The van der Waals surface area contributed by atoms with E-state index in [9.17, 15) is 0 Å². The maximum atomic E-state index is 5.74. The molecule has 2 nitrogen and oxygen atoms in total. The Bertz CT molecular complexity index is 3090. The van der Waals surface area contributed by atoms with Gasteiger partial charge in [-0.25, -0.2) is 0 Å². The minimum absolute atomic E-state index is 1.01. The van der Waals surface area contributed by atoms with E-state index in [-0.39, 0.29) is 0 Å². The second kappa shape index (κ2) is 11.7. The first-order valence-electron chi connectivity index (χ1n) is 18.4. The normalized spacial score (nSPS) is 12.9. The van der Waals surface area contributed by atoms with E-state index < -0.39 is 0 Å². The molecule has 3 heteroatoms. The molecule has 0 aliphatic heterocycles. The van der Waals surface area contributed by atoms with Gasteiger partial charge in [0.15, 0.2) is 0 Å². The lowest BCUT2D eigenvalue weighted by atomic mass is 9.80. The number of allylic oxidation sites excluding steroid dienone is 1. The maximum Gasteiger partial charge on any atom is 0.0984 e. The minimum Gasteiger partial charge on any atom is -0.472 e. The Kier molecular flexibility index (Phi) is 6.71. The number of hydrogen-bond acceptors (Lipinski definition) is 3. The van der Waals surface area contributed by atoms with Gasteiger partial charge in [-0.2, -0.15) is 0 Å². The molecule has 0 atom stereocenters. The molecule has 11 rings (SSSR count). The van der Waals surface area contributed by atoms with Crippen molar-refractivity contribution in [2.24, 2.45) is 0 Å². The van der Waals surface area contributed by atoms with Gasteiger partial charge in [0.2, 0.25) is 0 Å². The summed E-state index contributed by atoms with van der Waals surface area (Å²) in [7, 11) is 0. The first kappa shape index (κ1) is 30.5. The van der Waals surface area contributed by atoms with Gasteiger partial charge >= 0.3 is 0 Å². The van der Waals surface area contributed by atoms with Crippen molar-refractivity contribution in [1.82, 2.24) is 0 Å². The van der Waals surface area contributed by atoms with Crippen LogP contribution in [0.15, 0.2) is 149 Å². The molecule has 3 heterocycles. The van der Waals surface area contributed by atoms with Crippen molar-refractivity contribution < 1.29 is 8.83 Å². The Balaban J connectivity index is 1.18. The van der Waals surface area contributed by atoms with Crippen LogP contribution in [0, 0.1) is 13.8 Å². The Morgan fingerprint density at radius 3 is 1.68 bits per heavy atom. The van der Waals surface area contributed by atoms with Crippen LogP contribution in [-0.2, 0) is 6.42 Å². The fourth-order valence-corrected chi connectivity index (χ4v) is 10.3. The lowest BCUT2D eigenvalue weighted by Gasteiger charge is -2.23. The monoisotopic (exact) mass is 698 g/mol. The van der Waals surface area contributed by atoms with Crippen LogP contribution >= 0.6 is 11.3 Å².